The lowest BCUT2D eigenvalue weighted by molar-refractivity contribution is -0.141. The first-order valence-corrected chi connectivity index (χ1v) is 9.56. The Hall–Kier alpha value is -3.15. The average molecular weight is 378 g/mol. The van der Waals surface area contributed by atoms with Crippen molar-refractivity contribution in [1.29, 1.82) is 0 Å². The topological polar surface area (TPSA) is 86.7 Å². The van der Waals surface area contributed by atoms with Gasteiger partial charge in [-0.2, -0.15) is 0 Å². The second-order valence-corrected chi connectivity index (χ2v) is 7.45. The Morgan fingerprint density at radius 2 is 1.68 bits per heavy atom. The van der Waals surface area contributed by atoms with Gasteiger partial charge < -0.3 is 15.3 Å². The summed E-state index contributed by atoms with van der Waals surface area (Å²) in [6.07, 6.45) is 2.37. The summed E-state index contributed by atoms with van der Waals surface area (Å²) in [4.78, 5) is 38.0. The van der Waals surface area contributed by atoms with Gasteiger partial charge in [0.15, 0.2) is 0 Å². The number of carboxylic acid groups (broad SMARTS) is 1. The van der Waals surface area contributed by atoms with E-state index in [2.05, 4.69) is 5.32 Å². The van der Waals surface area contributed by atoms with Crippen LogP contribution in [0.15, 0.2) is 48.5 Å². The third kappa shape index (κ3) is 3.50. The molecular weight excluding hydrogens is 356 g/mol. The normalized spacial score (nSPS) is 20.6. The molecular formula is C22H22N2O4. The summed E-state index contributed by atoms with van der Waals surface area (Å²) >= 11 is 0. The molecule has 1 heterocycles. The molecule has 0 radical (unpaired) electrons. The molecule has 6 heteroatoms. The van der Waals surface area contributed by atoms with Gasteiger partial charge in [0.1, 0.15) is 0 Å². The van der Waals surface area contributed by atoms with Gasteiger partial charge in [-0.05, 0) is 61.6 Å². The first-order chi connectivity index (χ1) is 13.5. The van der Waals surface area contributed by atoms with E-state index in [1.165, 1.54) is 5.56 Å². The maximum Gasteiger partial charge on any atom is 0.306 e. The molecule has 6 nitrogen and oxygen atoms in total. The number of carbonyl (C=O) groups is 3. The highest BCUT2D eigenvalue weighted by atomic mass is 16.4. The number of hydrogen-bond acceptors (Lipinski definition) is 3. The van der Waals surface area contributed by atoms with E-state index in [1.807, 2.05) is 24.3 Å². The van der Waals surface area contributed by atoms with E-state index < -0.39 is 11.9 Å². The Bertz CT molecular complexity index is 922. The zero-order valence-corrected chi connectivity index (χ0v) is 15.4. The Morgan fingerprint density at radius 1 is 0.964 bits per heavy atom. The molecule has 0 saturated heterocycles. The number of nitrogens with one attached hydrogen (secondary N) is 1. The predicted molar refractivity (Wildman–Crippen MR) is 105 cm³/mol. The van der Waals surface area contributed by atoms with Crippen LogP contribution in [0.1, 0.15) is 35.2 Å². The van der Waals surface area contributed by atoms with Gasteiger partial charge in [0, 0.05) is 29.4 Å². The van der Waals surface area contributed by atoms with Gasteiger partial charge in [0.25, 0.3) is 5.91 Å². The molecule has 2 aromatic carbocycles. The van der Waals surface area contributed by atoms with Crippen LogP contribution in [0.5, 0.6) is 0 Å². The van der Waals surface area contributed by atoms with Crippen LogP contribution in [0.2, 0.25) is 0 Å². The van der Waals surface area contributed by atoms with Crippen molar-refractivity contribution < 1.29 is 19.5 Å². The second-order valence-electron chi connectivity index (χ2n) is 7.45. The zero-order valence-electron chi connectivity index (χ0n) is 15.4. The Balaban J connectivity index is 1.40. The van der Waals surface area contributed by atoms with Gasteiger partial charge in [0.05, 0.1) is 5.92 Å². The average Bonchev–Trinajstić information content (AvgIpc) is 3.36. The molecule has 1 aliphatic carbocycles. The quantitative estimate of drug-likeness (QED) is 0.854. The number of amides is 2. The maximum atomic E-state index is 12.8. The summed E-state index contributed by atoms with van der Waals surface area (Å²) in [6, 6.07) is 14.8. The van der Waals surface area contributed by atoms with Crippen LogP contribution in [-0.4, -0.2) is 29.4 Å². The second kappa shape index (κ2) is 7.46. The molecule has 144 valence electrons. The Labute approximate surface area is 163 Å². The van der Waals surface area contributed by atoms with Crippen molar-refractivity contribution >= 4 is 29.2 Å². The molecule has 1 aliphatic heterocycles. The SMILES string of the molecule is O=C(O)[C@@H]1CC[C@H](C(=O)Nc2ccc(C(=O)N3CCc4ccccc43)cc2)C1. The Kier molecular flexibility index (Phi) is 4.86. The number of anilines is 2. The standard InChI is InChI=1S/C22H22N2O4/c25-20(16-5-6-17(13-16)22(27)28)23-18-9-7-15(8-10-18)21(26)24-12-11-14-3-1-2-4-19(14)24/h1-4,7-10,16-17H,5-6,11-13H2,(H,23,25)(H,27,28)/t16-,17+/m0/s1. The minimum atomic E-state index is -0.832. The van der Waals surface area contributed by atoms with E-state index in [1.54, 1.807) is 29.2 Å². The highest BCUT2D eigenvalue weighted by Gasteiger charge is 2.33. The van der Waals surface area contributed by atoms with Crippen LogP contribution in [-0.2, 0) is 16.0 Å². The fraction of sp³-hybridized carbons (Fsp3) is 0.318. The highest BCUT2D eigenvalue weighted by Crippen LogP contribution is 2.32. The molecule has 2 atom stereocenters. The number of aliphatic carboxylic acids is 1. The number of carboxylic acids is 1. The largest absolute Gasteiger partial charge is 0.481 e. The fourth-order valence-electron chi connectivity index (χ4n) is 4.09. The van der Waals surface area contributed by atoms with Crippen LogP contribution >= 0.6 is 0 Å². The van der Waals surface area contributed by atoms with Gasteiger partial charge >= 0.3 is 5.97 Å². The summed E-state index contributed by atoms with van der Waals surface area (Å²) in [5.74, 6) is -1.75. The lowest BCUT2D eigenvalue weighted by Crippen LogP contribution is -2.28. The van der Waals surface area contributed by atoms with Crippen molar-refractivity contribution in [2.75, 3.05) is 16.8 Å². The monoisotopic (exact) mass is 378 g/mol. The summed E-state index contributed by atoms with van der Waals surface area (Å²) < 4.78 is 0. The number of carbonyl (C=O) groups excluding carboxylic acids is 2. The molecule has 2 aromatic rings. The highest BCUT2D eigenvalue weighted by molar-refractivity contribution is 6.07. The van der Waals surface area contributed by atoms with Crippen LogP contribution < -0.4 is 10.2 Å². The third-order valence-electron chi connectivity index (χ3n) is 5.68. The van der Waals surface area contributed by atoms with Crippen LogP contribution in [0.4, 0.5) is 11.4 Å². The van der Waals surface area contributed by atoms with E-state index >= 15 is 0 Å². The lowest BCUT2D eigenvalue weighted by atomic mass is 10.0. The molecule has 1 fully saturated rings. The number of nitrogens with zero attached hydrogens (tertiary/aromatic N) is 1. The first-order valence-electron chi connectivity index (χ1n) is 9.56. The minimum Gasteiger partial charge on any atom is -0.481 e. The Morgan fingerprint density at radius 3 is 2.39 bits per heavy atom. The van der Waals surface area contributed by atoms with Gasteiger partial charge in [0.2, 0.25) is 5.91 Å². The van der Waals surface area contributed by atoms with Gasteiger partial charge in [-0.15, -0.1) is 0 Å². The lowest BCUT2D eigenvalue weighted by Gasteiger charge is -2.17. The molecule has 2 N–H and O–H groups in total. The summed E-state index contributed by atoms with van der Waals surface area (Å²) in [6.45, 7) is 0.670. The van der Waals surface area contributed by atoms with E-state index in [0.717, 1.165) is 12.1 Å². The van der Waals surface area contributed by atoms with Crippen LogP contribution in [0.3, 0.4) is 0 Å². The van der Waals surface area contributed by atoms with Crippen molar-refractivity contribution in [2.45, 2.75) is 25.7 Å². The molecule has 4 rings (SSSR count). The number of rotatable bonds is 4. The molecule has 0 unspecified atom stereocenters. The number of hydrogen-bond donors (Lipinski definition) is 2. The minimum absolute atomic E-state index is 0.0529. The zero-order chi connectivity index (χ0) is 19.7. The van der Waals surface area contributed by atoms with Crippen molar-refractivity contribution in [3.63, 3.8) is 0 Å². The maximum absolute atomic E-state index is 12.8. The molecule has 1 saturated carbocycles. The molecule has 2 amide bonds. The van der Waals surface area contributed by atoms with Gasteiger partial charge in [-0.1, -0.05) is 18.2 Å². The van der Waals surface area contributed by atoms with E-state index in [-0.39, 0.29) is 17.7 Å². The van der Waals surface area contributed by atoms with E-state index in [9.17, 15) is 14.4 Å². The first kappa shape index (κ1) is 18.2. The molecule has 0 aromatic heterocycles. The summed E-state index contributed by atoms with van der Waals surface area (Å²) in [5, 5.41) is 11.9. The molecule has 28 heavy (non-hydrogen) atoms. The van der Waals surface area contributed by atoms with Crippen molar-refractivity contribution in [3.8, 4) is 0 Å². The number of fused-ring (bicyclic) bond motifs is 1. The number of benzene rings is 2. The van der Waals surface area contributed by atoms with Crippen molar-refractivity contribution in [3.05, 3.63) is 59.7 Å². The predicted octanol–water partition coefficient (Wildman–Crippen LogP) is 3.33. The number of para-hydroxylation sites is 1. The van der Waals surface area contributed by atoms with Gasteiger partial charge in [-0.3, -0.25) is 14.4 Å². The van der Waals surface area contributed by atoms with E-state index in [0.29, 0.717) is 37.1 Å². The van der Waals surface area contributed by atoms with E-state index in [4.69, 9.17) is 5.11 Å². The fourth-order valence-corrected chi connectivity index (χ4v) is 4.09. The third-order valence-corrected chi connectivity index (χ3v) is 5.68. The molecule has 0 spiro atoms. The molecule has 0 bridgehead atoms. The van der Waals surface area contributed by atoms with Crippen LogP contribution in [0, 0.1) is 11.8 Å². The molecule has 2 aliphatic rings. The smallest absolute Gasteiger partial charge is 0.306 e. The van der Waals surface area contributed by atoms with Crippen molar-refractivity contribution in [1.82, 2.24) is 0 Å². The van der Waals surface area contributed by atoms with Crippen LogP contribution in [0.25, 0.3) is 0 Å². The summed E-state index contributed by atoms with van der Waals surface area (Å²) in [5.41, 5.74) is 3.32. The summed E-state index contributed by atoms with van der Waals surface area (Å²) in [7, 11) is 0. The van der Waals surface area contributed by atoms with Crippen molar-refractivity contribution in [2.24, 2.45) is 11.8 Å². The van der Waals surface area contributed by atoms with Gasteiger partial charge in [-0.25, -0.2) is 0 Å².